The Kier molecular flexibility index (Phi) is 8.70. The maximum Gasteiger partial charge on any atom is 0.247 e. The molecule has 35 heavy (non-hydrogen) atoms. The zero-order chi connectivity index (χ0) is 25.6. The van der Waals surface area contributed by atoms with Crippen LogP contribution in [-0.4, -0.2) is 32.0 Å². The molecule has 2 amide bonds. The summed E-state index contributed by atoms with van der Waals surface area (Å²) in [6.45, 7) is 5.31. The molecule has 1 fully saturated rings. The van der Waals surface area contributed by atoms with Crippen LogP contribution in [0.1, 0.15) is 58.4 Å². The molecular weight excluding hydrogens is 467 g/mol. The molecule has 1 aliphatic carbocycles. The normalized spacial score (nSPS) is 15.9. The smallest absolute Gasteiger partial charge is 0.247 e. The molecule has 1 aliphatic rings. The Hall–Kier alpha value is -2.74. The van der Waals surface area contributed by atoms with Gasteiger partial charge >= 0.3 is 0 Å². The summed E-state index contributed by atoms with van der Waals surface area (Å²) in [4.78, 5) is 25.6. The summed E-state index contributed by atoms with van der Waals surface area (Å²) in [7, 11) is -3.82. The molecule has 1 saturated carbocycles. The van der Waals surface area contributed by atoms with E-state index in [1.54, 1.807) is 20.8 Å². The Bertz CT molecular complexity index is 1140. The number of benzene rings is 2. The minimum atomic E-state index is -3.82. The summed E-state index contributed by atoms with van der Waals surface area (Å²) in [5, 5.41) is 5.54. The number of anilines is 1. The Morgan fingerprint density at radius 2 is 1.69 bits per heavy atom. The van der Waals surface area contributed by atoms with Gasteiger partial charge in [0, 0.05) is 18.0 Å². The van der Waals surface area contributed by atoms with Gasteiger partial charge in [-0.1, -0.05) is 70.4 Å². The topological polar surface area (TPSA) is 92.3 Å². The lowest BCUT2D eigenvalue weighted by molar-refractivity contribution is -0.130. The van der Waals surface area contributed by atoms with Crippen molar-refractivity contribution in [1.82, 2.24) is 5.32 Å². The molecule has 190 valence electrons. The molecule has 0 aliphatic heterocycles. The van der Waals surface area contributed by atoms with Gasteiger partial charge < -0.3 is 10.6 Å². The first-order chi connectivity index (χ1) is 16.4. The van der Waals surface area contributed by atoms with E-state index in [1.807, 2.05) is 30.3 Å². The van der Waals surface area contributed by atoms with E-state index >= 15 is 0 Å². The number of rotatable bonds is 8. The van der Waals surface area contributed by atoms with Gasteiger partial charge in [0.1, 0.15) is 16.8 Å². The Morgan fingerprint density at radius 3 is 2.29 bits per heavy atom. The van der Waals surface area contributed by atoms with Crippen LogP contribution in [0.3, 0.4) is 0 Å². The van der Waals surface area contributed by atoms with E-state index in [1.165, 1.54) is 12.1 Å². The second-order valence-corrected chi connectivity index (χ2v) is 12.5. The van der Waals surface area contributed by atoms with E-state index in [-0.39, 0.29) is 29.7 Å². The van der Waals surface area contributed by atoms with Gasteiger partial charge in [-0.3, -0.25) is 9.59 Å². The van der Waals surface area contributed by atoms with Crippen molar-refractivity contribution in [2.75, 3.05) is 11.1 Å². The van der Waals surface area contributed by atoms with Gasteiger partial charge in [0.25, 0.3) is 0 Å². The van der Waals surface area contributed by atoms with E-state index in [2.05, 4.69) is 10.6 Å². The van der Waals surface area contributed by atoms with Crippen LogP contribution in [0.25, 0.3) is 0 Å². The SMILES string of the molecule is CC(C)(C)CS(=O)(=O)c1ccc(NC(=O)[C@H](Cc2ccccc2)NC(=O)C2CCCCC2)cc1F. The first-order valence-electron chi connectivity index (χ1n) is 12.1. The number of carbonyl (C=O) groups is 2. The van der Waals surface area contributed by atoms with Crippen molar-refractivity contribution in [1.29, 1.82) is 0 Å². The van der Waals surface area contributed by atoms with Crippen molar-refractivity contribution >= 4 is 27.3 Å². The molecule has 0 unspecified atom stereocenters. The van der Waals surface area contributed by atoms with Crippen molar-refractivity contribution in [3.05, 3.63) is 59.9 Å². The number of carbonyl (C=O) groups excluding carboxylic acids is 2. The average Bonchev–Trinajstić information content (AvgIpc) is 2.78. The van der Waals surface area contributed by atoms with Gasteiger partial charge in [-0.15, -0.1) is 0 Å². The van der Waals surface area contributed by atoms with Crippen LogP contribution in [0, 0.1) is 17.2 Å². The van der Waals surface area contributed by atoms with Crippen molar-refractivity contribution < 1.29 is 22.4 Å². The van der Waals surface area contributed by atoms with Crippen LogP contribution in [0.4, 0.5) is 10.1 Å². The fourth-order valence-electron chi connectivity index (χ4n) is 4.42. The first kappa shape index (κ1) is 26.9. The molecule has 3 rings (SSSR count). The maximum absolute atomic E-state index is 14.8. The van der Waals surface area contributed by atoms with Crippen molar-refractivity contribution in [3.63, 3.8) is 0 Å². The minimum absolute atomic E-state index is 0.112. The third-order valence-electron chi connectivity index (χ3n) is 6.05. The zero-order valence-corrected chi connectivity index (χ0v) is 21.5. The van der Waals surface area contributed by atoms with E-state index in [0.717, 1.165) is 43.7 Å². The lowest BCUT2D eigenvalue weighted by Gasteiger charge is -2.25. The third kappa shape index (κ3) is 7.88. The molecular formula is C27H35FN2O4S. The van der Waals surface area contributed by atoms with Crippen LogP contribution in [0.2, 0.25) is 0 Å². The molecule has 2 aromatic rings. The summed E-state index contributed by atoms with van der Waals surface area (Å²) in [5.41, 5.74) is 0.484. The Morgan fingerprint density at radius 1 is 1.03 bits per heavy atom. The summed E-state index contributed by atoms with van der Waals surface area (Å²) < 4.78 is 40.0. The van der Waals surface area contributed by atoms with Crippen molar-refractivity contribution in [2.45, 2.75) is 70.2 Å². The van der Waals surface area contributed by atoms with Crippen LogP contribution < -0.4 is 10.6 Å². The van der Waals surface area contributed by atoms with Gasteiger partial charge in [-0.25, -0.2) is 12.8 Å². The van der Waals surface area contributed by atoms with Gasteiger partial charge in [-0.2, -0.15) is 0 Å². The molecule has 0 saturated heterocycles. The summed E-state index contributed by atoms with van der Waals surface area (Å²) in [5.74, 6) is -1.86. The van der Waals surface area contributed by atoms with E-state index in [4.69, 9.17) is 0 Å². The fraction of sp³-hybridized carbons (Fsp3) is 0.481. The van der Waals surface area contributed by atoms with Crippen molar-refractivity contribution in [2.24, 2.45) is 11.3 Å². The lowest BCUT2D eigenvalue weighted by Crippen LogP contribution is -2.47. The standard InChI is InChI=1S/C27H35FN2O4S/c1-27(2,3)18-35(33,34)24-15-14-21(17-22(24)28)29-26(32)23(16-19-10-6-4-7-11-19)30-25(31)20-12-8-5-9-13-20/h4,6-7,10-11,14-15,17,20,23H,5,8-9,12-13,16,18H2,1-3H3,(H,29,32)(H,30,31)/t23-/m0/s1. The van der Waals surface area contributed by atoms with Gasteiger partial charge in [0.05, 0.1) is 5.75 Å². The average molecular weight is 503 g/mol. The number of hydrogen-bond acceptors (Lipinski definition) is 4. The molecule has 0 aromatic heterocycles. The van der Waals surface area contributed by atoms with Crippen LogP contribution in [0.15, 0.2) is 53.4 Å². The number of nitrogens with one attached hydrogen (secondary N) is 2. The lowest BCUT2D eigenvalue weighted by atomic mass is 9.88. The predicted octanol–water partition coefficient (Wildman–Crippen LogP) is 4.89. The molecule has 1 atom stereocenters. The maximum atomic E-state index is 14.8. The minimum Gasteiger partial charge on any atom is -0.344 e. The monoisotopic (exact) mass is 502 g/mol. The Labute approximate surface area is 207 Å². The highest BCUT2D eigenvalue weighted by Gasteiger charge is 2.29. The molecule has 6 nitrogen and oxygen atoms in total. The van der Waals surface area contributed by atoms with Gasteiger partial charge in [-0.05, 0) is 42.0 Å². The quantitative estimate of drug-likeness (QED) is 0.538. The highest BCUT2D eigenvalue weighted by atomic mass is 32.2. The van der Waals surface area contributed by atoms with Gasteiger partial charge in [0.2, 0.25) is 11.8 Å². The van der Waals surface area contributed by atoms with E-state index in [9.17, 15) is 22.4 Å². The number of halogens is 1. The largest absolute Gasteiger partial charge is 0.344 e. The van der Waals surface area contributed by atoms with E-state index < -0.39 is 37.9 Å². The molecule has 2 N–H and O–H groups in total. The summed E-state index contributed by atoms with van der Waals surface area (Å²) in [6, 6.07) is 12.1. The summed E-state index contributed by atoms with van der Waals surface area (Å²) >= 11 is 0. The second kappa shape index (κ2) is 11.3. The molecule has 8 heteroatoms. The number of sulfone groups is 1. The van der Waals surface area contributed by atoms with E-state index in [0.29, 0.717) is 0 Å². The molecule has 0 heterocycles. The third-order valence-corrected chi connectivity index (χ3v) is 8.30. The second-order valence-electron chi connectivity index (χ2n) is 10.5. The highest BCUT2D eigenvalue weighted by Crippen LogP contribution is 2.26. The first-order valence-corrected chi connectivity index (χ1v) is 13.8. The van der Waals surface area contributed by atoms with Crippen LogP contribution >= 0.6 is 0 Å². The van der Waals surface area contributed by atoms with Crippen molar-refractivity contribution in [3.8, 4) is 0 Å². The fourth-order valence-corrected chi connectivity index (χ4v) is 6.35. The van der Waals surface area contributed by atoms with Gasteiger partial charge in [0.15, 0.2) is 9.84 Å². The number of hydrogen-bond donors (Lipinski definition) is 2. The summed E-state index contributed by atoms with van der Waals surface area (Å²) in [6.07, 6.45) is 5.01. The molecule has 2 aromatic carbocycles. The molecule has 0 bridgehead atoms. The number of amides is 2. The molecule has 0 radical (unpaired) electrons. The molecule has 0 spiro atoms. The highest BCUT2D eigenvalue weighted by molar-refractivity contribution is 7.91. The van der Waals surface area contributed by atoms with Crippen LogP contribution in [0.5, 0.6) is 0 Å². The predicted molar refractivity (Wildman–Crippen MR) is 135 cm³/mol. The zero-order valence-electron chi connectivity index (χ0n) is 20.6. The Balaban J connectivity index is 1.77. The van der Waals surface area contributed by atoms with Crippen LogP contribution in [-0.2, 0) is 25.8 Å².